The summed E-state index contributed by atoms with van der Waals surface area (Å²) in [6.07, 6.45) is 6.33. The van der Waals surface area contributed by atoms with E-state index in [4.69, 9.17) is 5.26 Å². The van der Waals surface area contributed by atoms with Crippen molar-refractivity contribution in [1.82, 2.24) is 4.98 Å². The lowest BCUT2D eigenvalue weighted by atomic mass is 10.0. The van der Waals surface area contributed by atoms with Gasteiger partial charge < -0.3 is 0 Å². The Kier molecular flexibility index (Phi) is 5.59. The molecule has 0 radical (unpaired) electrons. The molecule has 1 heterocycles. The predicted octanol–water partition coefficient (Wildman–Crippen LogP) is 5.36. The summed E-state index contributed by atoms with van der Waals surface area (Å²) in [4.78, 5) is 4.57. The largest absolute Gasteiger partial charge is 0.256 e. The molecule has 0 aliphatic rings. The van der Waals surface area contributed by atoms with Crippen LogP contribution in [-0.2, 0) is 19.3 Å². The number of nitriles is 1. The zero-order valence-electron chi connectivity index (χ0n) is 14.6. The highest BCUT2D eigenvalue weighted by molar-refractivity contribution is 5.60. The summed E-state index contributed by atoms with van der Waals surface area (Å²) in [7, 11) is 0. The molecule has 0 bridgehead atoms. The van der Waals surface area contributed by atoms with Crippen LogP contribution in [0, 0.1) is 11.3 Å². The van der Waals surface area contributed by atoms with E-state index < -0.39 is 0 Å². The Morgan fingerprint density at radius 2 is 1.36 bits per heavy atom. The first kappa shape index (κ1) is 16.9. The van der Waals surface area contributed by atoms with Gasteiger partial charge in [-0.05, 0) is 54.2 Å². The van der Waals surface area contributed by atoms with Gasteiger partial charge in [0, 0.05) is 11.8 Å². The molecule has 0 N–H and O–H groups in total. The van der Waals surface area contributed by atoms with Gasteiger partial charge in [0.2, 0.25) is 0 Å². The SMILES string of the molecule is CCCc1ccc(CCc2ccc(-c3ccc(C#N)cc3)nc2)cc1. The number of benzene rings is 2. The van der Waals surface area contributed by atoms with Gasteiger partial charge in [0.15, 0.2) is 0 Å². The summed E-state index contributed by atoms with van der Waals surface area (Å²) < 4.78 is 0. The molecular formula is C23H22N2. The van der Waals surface area contributed by atoms with Crippen LogP contribution in [0.2, 0.25) is 0 Å². The monoisotopic (exact) mass is 326 g/mol. The molecule has 25 heavy (non-hydrogen) atoms. The average molecular weight is 326 g/mol. The van der Waals surface area contributed by atoms with Crippen molar-refractivity contribution in [3.05, 3.63) is 89.1 Å². The smallest absolute Gasteiger partial charge is 0.0991 e. The van der Waals surface area contributed by atoms with E-state index in [0.717, 1.165) is 30.5 Å². The van der Waals surface area contributed by atoms with Gasteiger partial charge in [-0.25, -0.2) is 0 Å². The van der Waals surface area contributed by atoms with E-state index in [2.05, 4.69) is 54.4 Å². The molecule has 2 nitrogen and oxygen atoms in total. The minimum absolute atomic E-state index is 0.672. The second-order valence-corrected chi connectivity index (χ2v) is 6.31. The third-order valence-corrected chi connectivity index (χ3v) is 4.40. The van der Waals surface area contributed by atoms with Crippen molar-refractivity contribution >= 4 is 0 Å². The maximum atomic E-state index is 8.86. The first-order valence-corrected chi connectivity index (χ1v) is 8.82. The van der Waals surface area contributed by atoms with Crippen molar-refractivity contribution in [3.8, 4) is 17.3 Å². The number of hydrogen-bond acceptors (Lipinski definition) is 2. The van der Waals surface area contributed by atoms with Crippen molar-refractivity contribution in [2.45, 2.75) is 32.6 Å². The molecule has 0 unspecified atom stereocenters. The summed E-state index contributed by atoms with van der Waals surface area (Å²) in [6, 6.07) is 22.8. The Balaban J connectivity index is 1.61. The third-order valence-electron chi connectivity index (χ3n) is 4.40. The molecule has 0 atom stereocenters. The molecule has 2 aromatic carbocycles. The molecule has 0 saturated carbocycles. The minimum Gasteiger partial charge on any atom is -0.256 e. The van der Waals surface area contributed by atoms with E-state index in [1.165, 1.54) is 23.1 Å². The van der Waals surface area contributed by atoms with E-state index in [1.54, 1.807) is 0 Å². The number of aryl methyl sites for hydroxylation is 3. The molecule has 0 aliphatic heterocycles. The first-order valence-electron chi connectivity index (χ1n) is 8.82. The summed E-state index contributed by atoms with van der Waals surface area (Å²) in [6.45, 7) is 2.21. The fourth-order valence-corrected chi connectivity index (χ4v) is 2.91. The number of pyridine rings is 1. The van der Waals surface area contributed by atoms with Crippen molar-refractivity contribution in [2.24, 2.45) is 0 Å². The number of nitrogens with zero attached hydrogens (tertiary/aromatic N) is 2. The lowest BCUT2D eigenvalue weighted by molar-refractivity contribution is 0.913. The van der Waals surface area contributed by atoms with Gasteiger partial charge in [0.25, 0.3) is 0 Å². The first-order chi connectivity index (χ1) is 12.3. The van der Waals surface area contributed by atoms with Crippen LogP contribution >= 0.6 is 0 Å². The lowest BCUT2D eigenvalue weighted by Crippen LogP contribution is -1.94. The molecule has 124 valence electrons. The Hall–Kier alpha value is -2.92. The maximum Gasteiger partial charge on any atom is 0.0991 e. The van der Waals surface area contributed by atoms with Gasteiger partial charge in [-0.2, -0.15) is 5.26 Å². The molecule has 2 heteroatoms. The van der Waals surface area contributed by atoms with E-state index >= 15 is 0 Å². The van der Waals surface area contributed by atoms with Crippen LogP contribution in [0.1, 0.15) is 35.6 Å². The second-order valence-electron chi connectivity index (χ2n) is 6.31. The number of aromatic nitrogens is 1. The highest BCUT2D eigenvalue weighted by atomic mass is 14.7. The van der Waals surface area contributed by atoms with Gasteiger partial charge in [-0.1, -0.05) is 55.8 Å². The van der Waals surface area contributed by atoms with Crippen molar-refractivity contribution in [2.75, 3.05) is 0 Å². The fraction of sp³-hybridized carbons (Fsp3) is 0.217. The highest BCUT2D eigenvalue weighted by Crippen LogP contribution is 2.18. The average Bonchev–Trinajstić information content (AvgIpc) is 2.68. The summed E-state index contributed by atoms with van der Waals surface area (Å²) >= 11 is 0. The summed E-state index contributed by atoms with van der Waals surface area (Å²) in [5.74, 6) is 0. The van der Waals surface area contributed by atoms with Crippen molar-refractivity contribution < 1.29 is 0 Å². The van der Waals surface area contributed by atoms with Crippen LogP contribution in [0.4, 0.5) is 0 Å². The van der Waals surface area contributed by atoms with E-state index in [-0.39, 0.29) is 0 Å². The Morgan fingerprint density at radius 1 is 0.760 bits per heavy atom. The Labute approximate surface area is 149 Å². The van der Waals surface area contributed by atoms with E-state index in [1.807, 2.05) is 30.5 Å². The Morgan fingerprint density at radius 3 is 1.92 bits per heavy atom. The molecule has 0 fully saturated rings. The third kappa shape index (κ3) is 4.55. The number of rotatable bonds is 6. The zero-order chi connectivity index (χ0) is 17.5. The van der Waals surface area contributed by atoms with Crippen LogP contribution in [0.5, 0.6) is 0 Å². The minimum atomic E-state index is 0.672. The van der Waals surface area contributed by atoms with E-state index in [9.17, 15) is 0 Å². The molecule has 0 spiro atoms. The lowest BCUT2D eigenvalue weighted by Gasteiger charge is -2.06. The second kappa shape index (κ2) is 8.26. The highest BCUT2D eigenvalue weighted by Gasteiger charge is 2.02. The summed E-state index contributed by atoms with van der Waals surface area (Å²) in [5.41, 5.74) is 6.69. The summed E-state index contributed by atoms with van der Waals surface area (Å²) in [5, 5.41) is 8.86. The van der Waals surface area contributed by atoms with Crippen molar-refractivity contribution in [1.29, 1.82) is 5.26 Å². The molecule has 1 aromatic heterocycles. The van der Waals surface area contributed by atoms with Crippen LogP contribution in [0.15, 0.2) is 66.9 Å². The zero-order valence-corrected chi connectivity index (χ0v) is 14.6. The van der Waals surface area contributed by atoms with Gasteiger partial charge in [-0.15, -0.1) is 0 Å². The molecule has 3 aromatic rings. The van der Waals surface area contributed by atoms with Crippen molar-refractivity contribution in [3.63, 3.8) is 0 Å². The van der Waals surface area contributed by atoms with Crippen LogP contribution in [0.25, 0.3) is 11.3 Å². The topological polar surface area (TPSA) is 36.7 Å². The molecule has 3 rings (SSSR count). The quantitative estimate of drug-likeness (QED) is 0.611. The Bertz CT molecular complexity index is 839. The van der Waals surface area contributed by atoms with Gasteiger partial charge >= 0.3 is 0 Å². The fourth-order valence-electron chi connectivity index (χ4n) is 2.91. The standard InChI is InChI=1S/C23H22N2/c1-2-3-18-4-6-19(7-5-18)8-9-21-12-15-23(25-17-21)22-13-10-20(16-24)11-14-22/h4-7,10-15,17H,2-3,8-9H2,1H3. The normalized spacial score (nSPS) is 10.4. The molecular weight excluding hydrogens is 304 g/mol. The van der Waals surface area contributed by atoms with Gasteiger partial charge in [0.1, 0.15) is 0 Å². The molecule has 0 aliphatic carbocycles. The number of hydrogen-bond donors (Lipinski definition) is 0. The van der Waals surface area contributed by atoms with Gasteiger partial charge in [0.05, 0.1) is 17.3 Å². The predicted molar refractivity (Wildman–Crippen MR) is 102 cm³/mol. The molecule has 0 saturated heterocycles. The van der Waals surface area contributed by atoms with Crippen LogP contribution < -0.4 is 0 Å². The van der Waals surface area contributed by atoms with Crippen LogP contribution in [0.3, 0.4) is 0 Å². The molecule has 0 amide bonds. The van der Waals surface area contributed by atoms with Gasteiger partial charge in [-0.3, -0.25) is 4.98 Å². The van der Waals surface area contributed by atoms with E-state index in [0.29, 0.717) is 5.56 Å². The maximum absolute atomic E-state index is 8.86. The van der Waals surface area contributed by atoms with Crippen LogP contribution in [-0.4, -0.2) is 4.98 Å².